The molecule has 5 aliphatic rings. The number of carbonyl (C=O) groups is 1. The summed E-state index contributed by atoms with van der Waals surface area (Å²) in [7, 11) is -4.20. The molecule has 11 nitrogen and oxygen atoms in total. The summed E-state index contributed by atoms with van der Waals surface area (Å²) < 4.78 is 68.0. The summed E-state index contributed by atoms with van der Waals surface area (Å²) in [5, 5.41) is 0.140. The topological polar surface area (TPSA) is 109 Å². The van der Waals surface area contributed by atoms with E-state index in [1.807, 2.05) is 91.0 Å². The Morgan fingerprint density at radius 3 is 1.32 bits per heavy atom. The molecule has 0 aromatic heterocycles. The molecule has 12 atom stereocenters. The van der Waals surface area contributed by atoms with Crippen LogP contribution in [0.3, 0.4) is 0 Å². The molecule has 5 rings (SSSR count). The lowest BCUT2D eigenvalue weighted by atomic mass is 9.88. The maximum absolute atomic E-state index is 13.5. The fourth-order valence-corrected chi connectivity index (χ4v) is 14.0. The third-order valence-corrected chi connectivity index (χ3v) is 25.7. The second kappa shape index (κ2) is 26.0. The minimum atomic E-state index is -2.17. The Kier molecular flexibility index (Phi) is 22.2. The van der Waals surface area contributed by atoms with Crippen molar-refractivity contribution in [3.63, 3.8) is 0 Å². The summed E-state index contributed by atoms with van der Waals surface area (Å²) >= 11 is 0. The van der Waals surface area contributed by atoms with Crippen LogP contribution in [-0.4, -0.2) is 107 Å². The predicted octanol–water partition coefficient (Wildman–Crippen LogP) is 15.2. The molecular weight excluding hydrogens is 965 g/mol. The van der Waals surface area contributed by atoms with Crippen LogP contribution in [0, 0.1) is 11.8 Å². The van der Waals surface area contributed by atoms with E-state index >= 15 is 0 Å². The quantitative estimate of drug-likeness (QED) is 0.194. The van der Waals surface area contributed by atoms with Crippen LogP contribution in [-0.2, 0) is 51.5 Å². The molecule has 0 radical (unpaired) electrons. The van der Waals surface area contributed by atoms with Crippen molar-refractivity contribution in [2.75, 3.05) is 0 Å². The minimum absolute atomic E-state index is 0.00612. The number of esters is 1. The van der Waals surface area contributed by atoms with Gasteiger partial charge in [-0.25, -0.2) is 4.79 Å². The smallest absolute Gasteiger partial charge is 0.334 e. The Bertz CT molecular complexity index is 1940. The molecule has 4 saturated heterocycles. The van der Waals surface area contributed by atoms with Gasteiger partial charge in [-0.15, -0.1) is 0 Å². The van der Waals surface area contributed by atoms with E-state index in [1.165, 1.54) is 0 Å². The van der Waals surface area contributed by atoms with E-state index in [4.69, 9.17) is 46.7 Å². The molecule has 424 valence electrons. The van der Waals surface area contributed by atoms with Crippen LogP contribution in [0.15, 0.2) is 60.3 Å². The van der Waals surface area contributed by atoms with Gasteiger partial charge >= 0.3 is 5.97 Å². The molecule has 74 heavy (non-hydrogen) atoms. The Morgan fingerprint density at radius 1 is 0.527 bits per heavy atom. The lowest BCUT2D eigenvalue weighted by Crippen LogP contribution is -2.52. The largest absolute Gasteiger partial charge is 0.458 e. The van der Waals surface area contributed by atoms with Gasteiger partial charge in [-0.3, -0.25) is 0 Å². The number of hydrogen-bond acceptors (Lipinski definition) is 11. The second-order valence-electron chi connectivity index (χ2n) is 27.5. The third kappa shape index (κ3) is 19.9. The first kappa shape index (κ1) is 63.1. The first-order valence-electron chi connectivity index (χ1n) is 28.7. The molecule has 0 aromatic carbocycles. The van der Waals surface area contributed by atoms with Gasteiger partial charge in [0.15, 0.2) is 34.0 Å². The number of ether oxygens (including phenoxy) is 8. The van der Waals surface area contributed by atoms with Gasteiger partial charge in [0.1, 0.15) is 6.10 Å². The second-order valence-corrected chi connectivity index (χ2v) is 37.0. The summed E-state index contributed by atoms with van der Waals surface area (Å²) in [6.45, 7) is 43.7. The van der Waals surface area contributed by atoms with E-state index in [2.05, 4.69) is 101 Å². The van der Waals surface area contributed by atoms with Crippen molar-refractivity contribution in [1.82, 2.24) is 0 Å². The molecule has 0 saturated carbocycles. The van der Waals surface area contributed by atoms with Crippen LogP contribution in [0.2, 0.25) is 36.3 Å². The van der Waals surface area contributed by atoms with Crippen LogP contribution in [0.4, 0.5) is 0 Å². The Morgan fingerprint density at radius 2 is 0.892 bits per heavy atom. The average Bonchev–Trinajstić information content (AvgIpc) is 3.21. The van der Waals surface area contributed by atoms with Gasteiger partial charge in [-0.2, -0.15) is 0 Å². The van der Waals surface area contributed by atoms with E-state index in [-0.39, 0.29) is 95.0 Å². The molecule has 4 fully saturated rings. The zero-order chi connectivity index (χ0) is 55.1. The summed E-state index contributed by atoms with van der Waals surface area (Å²) in [5.41, 5.74) is 0.568. The van der Waals surface area contributed by atoms with E-state index in [0.29, 0.717) is 5.57 Å². The zero-order valence-corrected chi connectivity index (χ0v) is 52.2. The number of hydrogen-bond donors (Lipinski definition) is 0. The molecule has 0 N–H and O–H groups in total. The monoisotopic (exact) mass is 1070 g/mol. The maximum Gasteiger partial charge on any atom is 0.334 e. The van der Waals surface area contributed by atoms with Crippen LogP contribution in [0.1, 0.15) is 188 Å². The van der Waals surface area contributed by atoms with Crippen LogP contribution >= 0.6 is 0 Å². The van der Waals surface area contributed by atoms with Gasteiger partial charge in [0.2, 0.25) is 0 Å². The maximum atomic E-state index is 13.5. The predicted molar refractivity (Wildman–Crippen MR) is 304 cm³/mol. The van der Waals surface area contributed by atoms with Crippen molar-refractivity contribution >= 4 is 22.6 Å². The highest BCUT2D eigenvalue weighted by Gasteiger charge is 2.47. The fraction of sp³-hybridized carbons (Fsp3) is 0.820. The van der Waals surface area contributed by atoms with Crippen molar-refractivity contribution in [3.05, 3.63) is 60.3 Å². The standard InChI is InChI=1S/C61H106O11Si2/c1-42(2)55-43(3)31-32-46(71-73(17,18)57(5,6)7)34-48-37-50(67-59(11,12)65-48)39-52-41-53(70-61(15,16)69-52)40-51-38-49(66-60(13,14)68-51)35-47-36-54(72-74(19,20)58(8,9)10)33-45(63-47)30-28-26-24-22-21-23-25-27-29-44(4)56(62)64-55/h21-29,42-43,45-55H,30-41H2,1-20H3/b23-21+,24-22+,27-25+,28-26+,44-29+/t43-,45+,46-,47-,48-,49-,50-,51+,52+,53-,54-,55-/m0/s1. The lowest BCUT2D eigenvalue weighted by Gasteiger charge is -2.47. The first-order valence-corrected chi connectivity index (χ1v) is 34.5. The normalized spacial score (nSPS) is 37.3. The van der Waals surface area contributed by atoms with Gasteiger partial charge in [-0.1, -0.05) is 117 Å². The molecule has 0 amide bonds. The van der Waals surface area contributed by atoms with Crippen molar-refractivity contribution in [2.45, 2.75) is 309 Å². The first-order chi connectivity index (χ1) is 34.1. The summed E-state index contributed by atoms with van der Waals surface area (Å²) in [6, 6.07) is 0. The summed E-state index contributed by atoms with van der Waals surface area (Å²) in [5.74, 6) is -2.33. The van der Waals surface area contributed by atoms with Gasteiger partial charge in [0, 0.05) is 56.3 Å². The minimum Gasteiger partial charge on any atom is -0.458 e. The molecule has 0 unspecified atom stereocenters. The van der Waals surface area contributed by atoms with Crippen molar-refractivity contribution in [2.24, 2.45) is 11.8 Å². The van der Waals surface area contributed by atoms with Gasteiger partial charge in [0.05, 0.1) is 48.8 Å². The number of fused-ring (bicyclic) bond motifs is 8. The molecule has 0 aromatic rings. The van der Waals surface area contributed by atoms with Gasteiger partial charge in [0.25, 0.3) is 0 Å². The highest BCUT2D eigenvalue weighted by Crippen LogP contribution is 2.44. The molecule has 8 bridgehead atoms. The molecule has 0 aliphatic carbocycles. The van der Waals surface area contributed by atoms with E-state index in [0.717, 1.165) is 77.0 Å². The van der Waals surface area contributed by atoms with Crippen molar-refractivity contribution in [3.8, 4) is 0 Å². The van der Waals surface area contributed by atoms with Gasteiger partial charge < -0.3 is 46.7 Å². The zero-order valence-electron chi connectivity index (χ0n) is 50.2. The average molecular weight is 1070 g/mol. The highest BCUT2D eigenvalue weighted by molar-refractivity contribution is 6.74. The van der Waals surface area contributed by atoms with Crippen molar-refractivity contribution in [1.29, 1.82) is 0 Å². The molecule has 5 aliphatic heterocycles. The summed E-state index contributed by atoms with van der Waals surface area (Å²) in [6.07, 6.45) is 26.9. The van der Waals surface area contributed by atoms with Gasteiger partial charge in [-0.05, 0) is 135 Å². The van der Waals surface area contributed by atoms with Crippen molar-refractivity contribution < 1.29 is 51.5 Å². The third-order valence-electron chi connectivity index (χ3n) is 16.6. The molecule has 13 heteroatoms. The van der Waals surface area contributed by atoms with E-state index in [1.54, 1.807) is 0 Å². The van der Waals surface area contributed by atoms with Crippen LogP contribution < -0.4 is 0 Å². The number of allylic oxidation sites excluding steroid dienone is 8. The molecule has 5 heterocycles. The Balaban J connectivity index is 1.42. The lowest BCUT2D eigenvalue weighted by molar-refractivity contribution is -0.336. The Labute approximate surface area is 452 Å². The SMILES string of the molecule is C\C1=C/C=C/C=C/C=C/C=C/C[C@@H]2C[C@H](O[Si](C)(C)C(C)(C)C)C[C@H](C[C@H]3C[C@H](C[C@H]4C[C@@H](C[C@@H]5C[C@H](C[C@@H](O[Si](C)(C)C(C)(C)C)CC[C@H](C)[C@H](C(C)C)OC1=O)OC(C)(C)O5)OC(C)(C)O4)OC(C)(C)O3)O2. The highest BCUT2D eigenvalue weighted by atomic mass is 28.4. The summed E-state index contributed by atoms with van der Waals surface area (Å²) in [4.78, 5) is 13.5. The van der Waals surface area contributed by atoms with E-state index < -0.39 is 34.0 Å². The molecule has 0 spiro atoms. The Hall–Kier alpha value is -1.76. The number of carbonyl (C=O) groups excluding carboxylic acids is 1. The molecular formula is C61H106O11Si2. The van der Waals surface area contributed by atoms with E-state index in [9.17, 15) is 4.79 Å². The van der Waals surface area contributed by atoms with Crippen LogP contribution in [0.5, 0.6) is 0 Å². The fourth-order valence-electron chi connectivity index (χ4n) is 11.2. The number of cyclic esters (lactones) is 1. The van der Waals surface area contributed by atoms with Crippen LogP contribution in [0.25, 0.3) is 0 Å². The number of rotatable bonds is 5.